The van der Waals surface area contributed by atoms with Gasteiger partial charge in [0, 0.05) is 38.7 Å². The van der Waals surface area contributed by atoms with Crippen molar-refractivity contribution in [2.75, 3.05) is 37.7 Å². The van der Waals surface area contributed by atoms with Gasteiger partial charge in [-0.15, -0.1) is 0 Å². The van der Waals surface area contributed by atoms with Crippen molar-refractivity contribution in [3.05, 3.63) is 28.8 Å². The number of benzene rings is 1. The number of alkyl halides is 3. The monoisotopic (exact) mass is 378 g/mol. The van der Waals surface area contributed by atoms with Crippen LogP contribution in [0.5, 0.6) is 0 Å². The van der Waals surface area contributed by atoms with E-state index in [1.807, 2.05) is 0 Å². The van der Waals surface area contributed by atoms with Crippen LogP contribution in [0.2, 0.25) is 5.02 Å². The Labute approximate surface area is 148 Å². The molecule has 2 rings (SSSR count). The minimum absolute atomic E-state index is 0.00947. The van der Waals surface area contributed by atoms with Gasteiger partial charge in [0.05, 0.1) is 23.8 Å². The van der Waals surface area contributed by atoms with Gasteiger partial charge in [-0.2, -0.15) is 13.2 Å². The Bertz CT molecular complexity index is 646. The molecule has 0 aromatic heterocycles. The predicted octanol–water partition coefficient (Wildman–Crippen LogP) is 2.96. The van der Waals surface area contributed by atoms with E-state index in [0.29, 0.717) is 26.3 Å². The van der Waals surface area contributed by atoms with Gasteiger partial charge in [0.25, 0.3) is 0 Å². The Kier molecular flexibility index (Phi) is 6.29. The first-order chi connectivity index (χ1) is 11.7. The Morgan fingerprint density at radius 2 is 1.92 bits per heavy atom. The fraction of sp³-hybridized carbons (Fsp3) is 0.500. The highest BCUT2D eigenvalue weighted by molar-refractivity contribution is 6.31. The SMILES string of the molecule is CC(=O)N(CCC(=O)N1CCOCC1)c1ccc(Cl)c(C(F)(F)F)c1. The van der Waals surface area contributed by atoms with Gasteiger partial charge in [-0.25, -0.2) is 0 Å². The van der Waals surface area contributed by atoms with Crippen LogP contribution in [0, 0.1) is 0 Å². The number of nitrogens with zero attached hydrogens (tertiary/aromatic N) is 2. The summed E-state index contributed by atoms with van der Waals surface area (Å²) in [4.78, 5) is 26.8. The normalized spacial score (nSPS) is 15.2. The van der Waals surface area contributed by atoms with Crippen LogP contribution in [0.15, 0.2) is 18.2 Å². The van der Waals surface area contributed by atoms with Crippen molar-refractivity contribution in [3.63, 3.8) is 0 Å². The number of amides is 2. The van der Waals surface area contributed by atoms with Gasteiger partial charge in [-0.05, 0) is 18.2 Å². The number of carbonyl (C=O) groups is 2. The van der Waals surface area contributed by atoms with Crippen LogP contribution in [0.3, 0.4) is 0 Å². The summed E-state index contributed by atoms with van der Waals surface area (Å²) in [5.74, 6) is -0.621. The molecule has 1 aliphatic heterocycles. The summed E-state index contributed by atoms with van der Waals surface area (Å²) in [5, 5.41) is -0.441. The van der Waals surface area contributed by atoms with Gasteiger partial charge in [0.2, 0.25) is 11.8 Å². The van der Waals surface area contributed by atoms with Crippen molar-refractivity contribution in [2.24, 2.45) is 0 Å². The maximum Gasteiger partial charge on any atom is 0.417 e. The third-order valence-electron chi connectivity index (χ3n) is 3.86. The fourth-order valence-corrected chi connectivity index (χ4v) is 2.77. The Balaban J connectivity index is 2.13. The smallest absolute Gasteiger partial charge is 0.378 e. The second kappa shape index (κ2) is 8.05. The van der Waals surface area contributed by atoms with E-state index in [0.717, 1.165) is 17.0 Å². The van der Waals surface area contributed by atoms with Crippen molar-refractivity contribution in [1.29, 1.82) is 0 Å². The molecule has 1 saturated heterocycles. The Hall–Kier alpha value is -1.80. The highest BCUT2D eigenvalue weighted by Crippen LogP contribution is 2.37. The van der Waals surface area contributed by atoms with E-state index in [2.05, 4.69) is 0 Å². The van der Waals surface area contributed by atoms with Crippen LogP contribution >= 0.6 is 11.6 Å². The number of hydrogen-bond donors (Lipinski definition) is 0. The molecule has 25 heavy (non-hydrogen) atoms. The molecule has 9 heteroatoms. The van der Waals surface area contributed by atoms with Gasteiger partial charge in [0.1, 0.15) is 0 Å². The molecule has 0 aliphatic carbocycles. The largest absolute Gasteiger partial charge is 0.417 e. The molecule has 1 aliphatic rings. The van der Waals surface area contributed by atoms with E-state index in [9.17, 15) is 22.8 Å². The molecule has 0 saturated carbocycles. The minimum Gasteiger partial charge on any atom is -0.378 e. The minimum atomic E-state index is -4.63. The third-order valence-corrected chi connectivity index (χ3v) is 4.19. The van der Waals surface area contributed by atoms with Crippen LogP contribution in [0.1, 0.15) is 18.9 Å². The average Bonchev–Trinajstić information content (AvgIpc) is 2.55. The van der Waals surface area contributed by atoms with Gasteiger partial charge in [-0.3, -0.25) is 9.59 Å². The first-order valence-corrected chi connectivity index (χ1v) is 8.08. The van der Waals surface area contributed by atoms with Crippen molar-refractivity contribution in [1.82, 2.24) is 4.90 Å². The van der Waals surface area contributed by atoms with Crippen molar-refractivity contribution < 1.29 is 27.5 Å². The maximum atomic E-state index is 13.0. The number of morpholine rings is 1. The molecule has 0 atom stereocenters. The topological polar surface area (TPSA) is 49.9 Å². The molecule has 1 aromatic carbocycles. The number of carbonyl (C=O) groups excluding carboxylic acids is 2. The molecule has 5 nitrogen and oxygen atoms in total. The van der Waals surface area contributed by atoms with Gasteiger partial charge in [-0.1, -0.05) is 11.6 Å². The molecule has 2 amide bonds. The van der Waals surface area contributed by atoms with E-state index in [-0.39, 0.29) is 24.6 Å². The van der Waals surface area contributed by atoms with E-state index in [4.69, 9.17) is 16.3 Å². The van der Waals surface area contributed by atoms with E-state index < -0.39 is 22.7 Å². The molecule has 1 aromatic rings. The number of halogens is 4. The first kappa shape index (κ1) is 19.5. The van der Waals surface area contributed by atoms with Crippen LogP contribution in [0.4, 0.5) is 18.9 Å². The van der Waals surface area contributed by atoms with E-state index >= 15 is 0 Å². The summed E-state index contributed by atoms with van der Waals surface area (Å²) in [7, 11) is 0. The highest BCUT2D eigenvalue weighted by Gasteiger charge is 2.34. The van der Waals surface area contributed by atoms with Crippen molar-refractivity contribution in [3.8, 4) is 0 Å². The zero-order valence-corrected chi connectivity index (χ0v) is 14.4. The summed E-state index contributed by atoms with van der Waals surface area (Å²) >= 11 is 5.60. The van der Waals surface area contributed by atoms with Crippen LogP contribution in [-0.2, 0) is 20.5 Å². The quantitative estimate of drug-likeness (QED) is 0.809. The number of hydrogen-bond acceptors (Lipinski definition) is 3. The lowest BCUT2D eigenvalue weighted by molar-refractivity contribution is -0.137. The first-order valence-electron chi connectivity index (χ1n) is 7.70. The van der Waals surface area contributed by atoms with Gasteiger partial charge >= 0.3 is 6.18 Å². The lowest BCUT2D eigenvalue weighted by Crippen LogP contribution is -2.42. The molecular weight excluding hydrogens is 361 g/mol. The molecular formula is C16H18ClF3N2O3. The third kappa shape index (κ3) is 5.09. The zero-order chi connectivity index (χ0) is 18.6. The summed E-state index contributed by atoms with van der Waals surface area (Å²) in [5.41, 5.74) is -0.962. The Morgan fingerprint density at radius 1 is 1.28 bits per heavy atom. The molecule has 0 radical (unpaired) electrons. The second-order valence-corrected chi connectivity index (χ2v) is 5.98. The Morgan fingerprint density at radius 3 is 2.48 bits per heavy atom. The zero-order valence-electron chi connectivity index (χ0n) is 13.6. The van der Waals surface area contributed by atoms with E-state index in [1.54, 1.807) is 4.90 Å². The van der Waals surface area contributed by atoms with Crippen molar-refractivity contribution >= 4 is 29.1 Å². The highest BCUT2D eigenvalue weighted by atomic mass is 35.5. The molecule has 0 spiro atoms. The number of rotatable bonds is 4. The number of ether oxygens (including phenoxy) is 1. The lowest BCUT2D eigenvalue weighted by Gasteiger charge is -2.28. The molecule has 0 unspecified atom stereocenters. The second-order valence-electron chi connectivity index (χ2n) is 5.58. The summed E-state index contributed by atoms with van der Waals surface area (Å²) in [6.07, 6.45) is -4.61. The maximum absolute atomic E-state index is 13.0. The summed E-state index contributed by atoms with van der Waals surface area (Å²) in [6.45, 7) is 3.07. The molecule has 1 fully saturated rings. The average molecular weight is 379 g/mol. The molecule has 1 heterocycles. The standard InChI is InChI=1S/C16H18ClF3N2O3/c1-11(23)22(5-4-15(24)21-6-8-25-9-7-21)12-2-3-14(17)13(10-12)16(18,19)20/h2-3,10H,4-9H2,1H3. The van der Waals surface area contributed by atoms with Crippen LogP contribution in [-0.4, -0.2) is 49.6 Å². The fourth-order valence-electron chi connectivity index (χ4n) is 2.55. The van der Waals surface area contributed by atoms with Crippen molar-refractivity contribution in [2.45, 2.75) is 19.5 Å². The molecule has 0 N–H and O–H groups in total. The summed E-state index contributed by atoms with van der Waals surface area (Å²) < 4.78 is 44.1. The van der Waals surface area contributed by atoms with E-state index in [1.165, 1.54) is 13.0 Å². The predicted molar refractivity (Wildman–Crippen MR) is 86.5 cm³/mol. The summed E-state index contributed by atoms with van der Waals surface area (Å²) in [6, 6.07) is 3.25. The van der Waals surface area contributed by atoms with Crippen LogP contribution in [0.25, 0.3) is 0 Å². The lowest BCUT2D eigenvalue weighted by atomic mass is 10.1. The number of anilines is 1. The van der Waals surface area contributed by atoms with Gasteiger partial charge < -0.3 is 14.5 Å². The molecule has 0 bridgehead atoms. The van der Waals surface area contributed by atoms with Gasteiger partial charge in [0.15, 0.2) is 0 Å². The van der Waals surface area contributed by atoms with Crippen LogP contribution < -0.4 is 4.90 Å². The molecule has 138 valence electrons.